The van der Waals surface area contributed by atoms with Gasteiger partial charge in [0.2, 0.25) is 17.6 Å². The second kappa shape index (κ2) is 7.79. The van der Waals surface area contributed by atoms with E-state index in [0.29, 0.717) is 16.7 Å². The number of para-hydroxylation sites is 2. The van der Waals surface area contributed by atoms with Crippen LogP contribution in [0.25, 0.3) is 21.8 Å². The molecule has 0 saturated carbocycles. The fraction of sp³-hybridized carbons (Fsp3) is 0.130. The molecule has 0 saturated heterocycles. The fourth-order valence-electron chi connectivity index (χ4n) is 3.37. The number of anilines is 2. The molecule has 0 fully saturated rings. The molecule has 3 aromatic carbocycles. The van der Waals surface area contributed by atoms with Crippen molar-refractivity contribution < 1.29 is 9.59 Å². The molecular formula is C23H20N4O3. The Balaban J connectivity index is 1.74. The summed E-state index contributed by atoms with van der Waals surface area (Å²) in [5.41, 5.74) is 1.22. The summed E-state index contributed by atoms with van der Waals surface area (Å²) >= 11 is 0. The summed E-state index contributed by atoms with van der Waals surface area (Å²) in [7, 11) is 1.49. The average molecular weight is 400 g/mol. The summed E-state index contributed by atoms with van der Waals surface area (Å²) in [6.45, 7) is 1.15. The molecule has 4 aromatic rings. The van der Waals surface area contributed by atoms with Crippen LogP contribution in [0.3, 0.4) is 0 Å². The van der Waals surface area contributed by atoms with Gasteiger partial charge in [0, 0.05) is 25.0 Å². The van der Waals surface area contributed by atoms with Crippen molar-refractivity contribution in [2.75, 3.05) is 17.3 Å². The Labute approximate surface area is 172 Å². The van der Waals surface area contributed by atoms with Crippen molar-refractivity contribution in [3.05, 3.63) is 77.1 Å². The van der Waals surface area contributed by atoms with Crippen LogP contribution < -0.4 is 15.8 Å². The van der Waals surface area contributed by atoms with E-state index in [2.05, 4.69) is 10.3 Å². The Morgan fingerprint density at radius 3 is 2.50 bits per heavy atom. The van der Waals surface area contributed by atoms with Gasteiger partial charge in [0.05, 0.1) is 11.0 Å². The molecule has 0 radical (unpaired) electrons. The highest BCUT2D eigenvalue weighted by molar-refractivity contribution is 6.02. The van der Waals surface area contributed by atoms with Crippen molar-refractivity contribution in [3.63, 3.8) is 0 Å². The van der Waals surface area contributed by atoms with Gasteiger partial charge in [-0.15, -0.1) is 0 Å². The van der Waals surface area contributed by atoms with Gasteiger partial charge >= 0.3 is 0 Å². The van der Waals surface area contributed by atoms with Crippen molar-refractivity contribution in [1.29, 1.82) is 0 Å². The van der Waals surface area contributed by atoms with E-state index in [9.17, 15) is 14.4 Å². The van der Waals surface area contributed by atoms with Crippen LogP contribution in [0.4, 0.5) is 11.5 Å². The van der Waals surface area contributed by atoms with Crippen molar-refractivity contribution in [2.45, 2.75) is 13.5 Å². The summed E-state index contributed by atoms with van der Waals surface area (Å²) < 4.78 is 1.34. The Hall–Kier alpha value is -4.00. The molecule has 7 heteroatoms. The first-order valence-corrected chi connectivity index (χ1v) is 9.47. The monoisotopic (exact) mass is 400 g/mol. The van der Waals surface area contributed by atoms with Crippen LogP contribution >= 0.6 is 0 Å². The van der Waals surface area contributed by atoms with E-state index < -0.39 is 5.56 Å². The molecule has 7 nitrogen and oxygen atoms in total. The molecule has 1 heterocycles. The SMILES string of the molecule is CC(=O)N(C)c1nc2ccccc2n(CC(=O)Nc2cccc3ccccc23)c1=O. The smallest absolute Gasteiger partial charge is 0.294 e. The summed E-state index contributed by atoms with van der Waals surface area (Å²) in [5, 5.41) is 4.82. The van der Waals surface area contributed by atoms with Crippen LogP contribution in [-0.2, 0) is 16.1 Å². The molecule has 0 unspecified atom stereocenters. The zero-order valence-electron chi connectivity index (χ0n) is 16.6. The van der Waals surface area contributed by atoms with Crippen molar-refractivity contribution in [3.8, 4) is 0 Å². The van der Waals surface area contributed by atoms with Crippen LogP contribution in [0.2, 0.25) is 0 Å². The van der Waals surface area contributed by atoms with E-state index in [1.165, 1.54) is 23.4 Å². The fourth-order valence-corrected chi connectivity index (χ4v) is 3.37. The Morgan fingerprint density at radius 1 is 1.00 bits per heavy atom. The van der Waals surface area contributed by atoms with Crippen LogP contribution in [0, 0.1) is 0 Å². The number of nitrogens with one attached hydrogen (secondary N) is 1. The molecule has 0 bridgehead atoms. The maximum absolute atomic E-state index is 13.1. The quantitative estimate of drug-likeness (QED) is 0.570. The minimum atomic E-state index is -0.500. The van der Waals surface area contributed by atoms with Crippen molar-refractivity contribution in [1.82, 2.24) is 9.55 Å². The summed E-state index contributed by atoms with van der Waals surface area (Å²) in [6.07, 6.45) is 0. The van der Waals surface area contributed by atoms with Gasteiger partial charge in [-0.3, -0.25) is 23.9 Å². The van der Waals surface area contributed by atoms with Gasteiger partial charge in [-0.1, -0.05) is 48.5 Å². The van der Waals surface area contributed by atoms with Gasteiger partial charge in [-0.25, -0.2) is 4.98 Å². The van der Waals surface area contributed by atoms with Gasteiger partial charge in [-0.05, 0) is 23.6 Å². The number of carbonyl (C=O) groups excluding carboxylic acids is 2. The minimum Gasteiger partial charge on any atom is -0.324 e. The van der Waals surface area contributed by atoms with E-state index in [4.69, 9.17) is 0 Å². The molecule has 0 atom stereocenters. The lowest BCUT2D eigenvalue weighted by molar-refractivity contribution is -0.117. The van der Waals surface area contributed by atoms with Crippen LogP contribution in [-0.4, -0.2) is 28.4 Å². The number of amides is 2. The van der Waals surface area contributed by atoms with Gasteiger partial charge in [0.15, 0.2) is 0 Å². The van der Waals surface area contributed by atoms with Gasteiger partial charge in [0.25, 0.3) is 5.56 Å². The third-order valence-corrected chi connectivity index (χ3v) is 4.99. The lowest BCUT2D eigenvalue weighted by atomic mass is 10.1. The first kappa shape index (κ1) is 19.3. The zero-order chi connectivity index (χ0) is 21.3. The number of fused-ring (bicyclic) bond motifs is 2. The Kier molecular flexibility index (Phi) is 5.02. The topological polar surface area (TPSA) is 84.3 Å². The highest BCUT2D eigenvalue weighted by Crippen LogP contribution is 2.23. The lowest BCUT2D eigenvalue weighted by Crippen LogP contribution is -2.36. The first-order chi connectivity index (χ1) is 14.5. The molecule has 0 aliphatic rings. The largest absolute Gasteiger partial charge is 0.324 e. The Bertz CT molecular complexity index is 1340. The molecule has 2 amide bonds. The summed E-state index contributed by atoms with van der Waals surface area (Å²) in [5.74, 6) is -0.679. The molecule has 30 heavy (non-hydrogen) atoms. The molecule has 0 spiro atoms. The van der Waals surface area contributed by atoms with Gasteiger partial charge in [-0.2, -0.15) is 0 Å². The highest BCUT2D eigenvalue weighted by atomic mass is 16.2. The molecule has 0 aliphatic carbocycles. The molecule has 1 N–H and O–H groups in total. The molecule has 4 rings (SSSR count). The predicted molar refractivity (Wildman–Crippen MR) is 118 cm³/mol. The van der Waals surface area contributed by atoms with E-state index in [1.807, 2.05) is 42.5 Å². The predicted octanol–water partition coefficient (Wildman–Crippen LogP) is 3.17. The number of hydrogen-bond acceptors (Lipinski definition) is 4. The summed E-state index contributed by atoms with van der Waals surface area (Å²) in [4.78, 5) is 43.2. The number of nitrogens with zero attached hydrogens (tertiary/aromatic N) is 3. The molecule has 0 aliphatic heterocycles. The third kappa shape index (κ3) is 3.53. The minimum absolute atomic E-state index is 0.0147. The van der Waals surface area contributed by atoms with E-state index in [0.717, 1.165) is 10.8 Å². The maximum Gasteiger partial charge on any atom is 0.294 e. The van der Waals surface area contributed by atoms with Crippen LogP contribution in [0.15, 0.2) is 71.5 Å². The normalized spacial score (nSPS) is 10.9. The Morgan fingerprint density at radius 2 is 1.70 bits per heavy atom. The average Bonchev–Trinajstić information content (AvgIpc) is 2.75. The number of hydrogen-bond donors (Lipinski definition) is 1. The third-order valence-electron chi connectivity index (χ3n) is 4.99. The second-order valence-electron chi connectivity index (χ2n) is 6.97. The number of aromatic nitrogens is 2. The van der Waals surface area contributed by atoms with E-state index in [1.54, 1.807) is 24.3 Å². The number of carbonyl (C=O) groups is 2. The van der Waals surface area contributed by atoms with Gasteiger partial charge in [0.1, 0.15) is 6.54 Å². The number of benzene rings is 3. The van der Waals surface area contributed by atoms with Crippen molar-refractivity contribution >= 4 is 45.1 Å². The first-order valence-electron chi connectivity index (χ1n) is 9.47. The second-order valence-corrected chi connectivity index (χ2v) is 6.97. The summed E-state index contributed by atoms with van der Waals surface area (Å²) in [6, 6.07) is 20.4. The van der Waals surface area contributed by atoms with Crippen LogP contribution in [0.5, 0.6) is 0 Å². The standard InChI is InChI=1S/C23H20N4O3/c1-15(28)26(2)22-23(30)27(20-13-6-5-11-19(20)25-22)14-21(29)24-18-12-7-9-16-8-3-4-10-17(16)18/h3-13H,14H2,1-2H3,(H,24,29). The van der Waals surface area contributed by atoms with Crippen LogP contribution in [0.1, 0.15) is 6.92 Å². The van der Waals surface area contributed by atoms with Gasteiger partial charge < -0.3 is 5.32 Å². The molecule has 150 valence electrons. The maximum atomic E-state index is 13.1. The van der Waals surface area contributed by atoms with E-state index in [-0.39, 0.29) is 24.2 Å². The lowest BCUT2D eigenvalue weighted by Gasteiger charge is -2.17. The zero-order valence-corrected chi connectivity index (χ0v) is 16.6. The molecular weight excluding hydrogens is 380 g/mol. The highest BCUT2D eigenvalue weighted by Gasteiger charge is 2.18. The van der Waals surface area contributed by atoms with E-state index >= 15 is 0 Å². The van der Waals surface area contributed by atoms with Crippen molar-refractivity contribution in [2.24, 2.45) is 0 Å². The number of rotatable bonds is 4. The molecule has 1 aromatic heterocycles.